The molecule has 2 aliphatic heterocycles. The van der Waals surface area contributed by atoms with Crippen LogP contribution >= 0.6 is 0 Å². The maximum Gasteiger partial charge on any atom is 0.245 e. The zero-order chi connectivity index (χ0) is 21.9. The first kappa shape index (κ1) is 19.6. The molecule has 5 rings (SSSR count). The summed E-state index contributed by atoms with van der Waals surface area (Å²) >= 11 is 0. The first-order valence-electron chi connectivity index (χ1n) is 10.4. The number of para-hydroxylation sites is 1. The minimum absolute atomic E-state index is 0.0381. The van der Waals surface area contributed by atoms with Crippen molar-refractivity contribution in [1.82, 2.24) is 14.4 Å². The average molecular weight is 419 g/mol. The number of ether oxygens (including phenoxy) is 1. The fraction of sp³-hybridized carbons (Fsp3) is 0.333. The Bertz CT molecular complexity index is 1210. The van der Waals surface area contributed by atoms with Crippen LogP contribution in [0.3, 0.4) is 0 Å². The first-order chi connectivity index (χ1) is 14.9. The minimum Gasteiger partial charge on any atom is -0.467 e. The van der Waals surface area contributed by atoms with Crippen LogP contribution < -0.4 is 4.74 Å². The number of carbonyl (C=O) groups excluding carboxylic acids is 2. The third-order valence-electron chi connectivity index (χ3n) is 6.52. The number of aliphatic hydroxyl groups excluding tert-OH is 1. The molecular weight excluding hydrogens is 394 g/mol. The van der Waals surface area contributed by atoms with Crippen molar-refractivity contribution in [2.45, 2.75) is 25.4 Å². The molecule has 2 atom stereocenters. The number of aliphatic hydroxyl groups is 1. The molecule has 3 heterocycles. The van der Waals surface area contributed by atoms with E-state index in [0.717, 1.165) is 33.2 Å². The van der Waals surface area contributed by atoms with E-state index in [1.165, 1.54) is 4.90 Å². The third kappa shape index (κ3) is 2.91. The second-order valence-electron chi connectivity index (χ2n) is 8.42. The number of benzene rings is 2. The Hall–Kier alpha value is -3.32. The van der Waals surface area contributed by atoms with Crippen molar-refractivity contribution >= 4 is 22.7 Å². The normalized spacial score (nSPS) is 20.8. The topological polar surface area (TPSA) is 75.0 Å². The lowest BCUT2D eigenvalue weighted by molar-refractivity contribution is -0.157. The zero-order valence-electron chi connectivity index (χ0n) is 17.8. The summed E-state index contributed by atoms with van der Waals surface area (Å²) in [6.45, 7) is 1.56. The number of likely N-dealkylation sites (N-methyl/N-ethyl adjacent to an activating group) is 1. The van der Waals surface area contributed by atoms with Crippen LogP contribution in [0, 0.1) is 6.92 Å². The molecule has 2 aromatic carbocycles. The summed E-state index contributed by atoms with van der Waals surface area (Å²) in [5.74, 6) is 0.475. The fourth-order valence-corrected chi connectivity index (χ4v) is 5.11. The molecule has 2 amide bonds. The van der Waals surface area contributed by atoms with Gasteiger partial charge in [0, 0.05) is 43.2 Å². The lowest BCUT2D eigenvalue weighted by Gasteiger charge is -2.47. The number of hydrogen-bond donors (Lipinski definition) is 1. The number of aryl methyl sites for hydroxylation is 2. The van der Waals surface area contributed by atoms with E-state index in [1.54, 1.807) is 11.9 Å². The maximum atomic E-state index is 13.3. The SMILES string of the molecule is Cc1cc2c(cc1OCO)[C@@H](c1cn(C)c3ccccc13)N1C(=O)CN(C)C(=O)[C@@H]1C2. The van der Waals surface area contributed by atoms with Gasteiger partial charge in [0.15, 0.2) is 6.79 Å². The van der Waals surface area contributed by atoms with Crippen LogP contribution in [0.1, 0.15) is 28.3 Å². The molecular formula is C24H25N3O4. The van der Waals surface area contributed by atoms with Crippen LogP contribution in [-0.4, -0.2) is 57.7 Å². The van der Waals surface area contributed by atoms with Gasteiger partial charge in [-0.2, -0.15) is 0 Å². The monoisotopic (exact) mass is 419 g/mol. The molecule has 1 fully saturated rings. The highest BCUT2D eigenvalue weighted by Crippen LogP contribution is 2.44. The predicted octanol–water partition coefficient (Wildman–Crippen LogP) is 2.13. The number of rotatable bonds is 3. The minimum atomic E-state index is -0.535. The number of aromatic nitrogens is 1. The summed E-state index contributed by atoms with van der Waals surface area (Å²) in [4.78, 5) is 29.6. The molecule has 160 valence electrons. The van der Waals surface area contributed by atoms with Crippen molar-refractivity contribution in [3.63, 3.8) is 0 Å². The van der Waals surface area contributed by atoms with E-state index in [-0.39, 0.29) is 18.4 Å². The van der Waals surface area contributed by atoms with Gasteiger partial charge >= 0.3 is 0 Å². The Labute approximate surface area is 180 Å². The quantitative estimate of drug-likeness (QED) is 0.660. The molecule has 0 aliphatic carbocycles. The van der Waals surface area contributed by atoms with E-state index in [9.17, 15) is 14.7 Å². The molecule has 0 radical (unpaired) electrons. The van der Waals surface area contributed by atoms with Gasteiger partial charge in [-0.05, 0) is 35.7 Å². The van der Waals surface area contributed by atoms with Gasteiger partial charge in [-0.3, -0.25) is 9.59 Å². The molecule has 3 aromatic rings. The van der Waals surface area contributed by atoms with E-state index < -0.39 is 18.9 Å². The van der Waals surface area contributed by atoms with Gasteiger partial charge in [0.1, 0.15) is 11.8 Å². The summed E-state index contributed by atoms with van der Waals surface area (Å²) in [6.07, 6.45) is 2.51. The number of piperazine rings is 1. The number of nitrogens with zero attached hydrogens (tertiary/aromatic N) is 3. The maximum absolute atomic E-state index is 13.3. The highest BCUT2D eigenvalue weighted by Gasteiger charge is 2.47. The molecule has 7 heteroatoms. The smallest absolute Gasteiger partial charge is 0.245 e. The Balaban J connectivity index is 1.78. The lowest BCUT2D eigenvalue weighted by atomic mass is 9.82. The van der Waals surface area contributed by atoms with Crippen LogP contribution in [-0.2, 0) is 23.1 Å². The highest BCUT2D eigenvalue weighted by molar-refractivity contribution is 5.97. The largest absolute Gasteiger partial charge is 0.467 e. The van der Waals surface area contributed by atoms with Crippen molar-refractivity contribution in [2.24, 2.45) is 7.05 Å². The van der Waals surface area contributed by atoms with Crippen LogP contribution in [0.4, 0.5) is 0 Å². The van der Waals surface area contributed by atoms with Gasteiger partial charge in [0.25, 0.3) is 0 Å². The van der Waals surface area contributed by atoms with Gasteiger partial charge in [0.05, 0.1) is 12.6 Å². The standard InChI is InChI=1S/C24H25N3O4/c1-14-8-15-9-20-24(30)26(3)12-22(29)27(20)23(17(15)10-21(14)31-13-28)18-11-25(2)19-7-5-4-6-16(18)19/h4-8,10-11,20,23,28H,9,12-13H2,1-3H3/t20-,23-/m0/s1. The van der Waals surface area contributed by atoms with Crippen LogP contribution in [0.5, 0.6) is 5.75 Å². The predicted molar refractivity (Wildman–Crippen MR) is 116 cm³/mol. The Kier molecular flexibility index (Phi) is 4.51. The van der Waals surface area contributed by atoms with E-state index in [1.807, 2.05) is 50.5 Å². The van der Waals surface area contributed by atoms with Gasteiger partial charge < -0.3 is 24.2 Å². The number of hydrogen-bond acceptors (Lipinski definition) is 4. The van der Waals surface area contributed by atoms with Crippen LogP contribution in [0.2, 0.25) is 0 Å². The summed E-state index contributed by atoms with van der Waals surface area (Å²) in [5, 5.41) is 10.4. The summed E-state index contributed by atoms with van der Waals surface area (Å²) in [7, 11) is 3.67. The van der Waals surface area contributed by atoms with Crippen LogP contribution in [0.25, 0.3) is 10.9 Å². The van der Waals surface area contributed by atoms with Gasteiger partial charge in [-0.15, -0.1) is 0 Å². The first-order valence-corrected chi connectivity index (χ1v) is 10.4. The Morgan fingerprint density at radius 3 is 2.68 bits per heavy atom. The van der Waals surface area contributed by atoms with Crippen molar-refractivity contribution < 1.29 is 19.4 Å². The molecule has 1 aromatic heterocycles. The van der Waals surface area contributed by atoms with E-state index >= 15 is 0 Å². The van der Waals surface area contributed by atoms with Gasteiger partial charge in [-0.1, -0.05) is 24.3 Å². The molecule has 0 saturated carbocycles. The Morgan fingerprint density at radius 1 is 1.13 bits per heavy atom. The number of carbonyl (C=O) groups is 2. The van der Waals surface area contributed by atoms with Gasteiger partial charge in [-0.25, -0.2) is 0 Å². The third-order valence-corrected chi connectivity index (χ3v) is 6.52. The second-order valence-corrected chi connectivity index (χ2v) is 8.42. The summed E-state index contributed by atoms with van der Waals surface area (Å²) in [6, 6.07) is 11.1. The summed E-state index contributed by atoms with van der Waals surface area (Å²) < 4.78 is 7.50. The molecule has 1 N–H and O–H groups in total. The second kappa shape index (κ2) is 7.13. The van der Waals surface area contributed by atoms with Crippen molar-refractivity contribution in [2.75, 3.05) is 20.4 Å². The molecule has 0 unspecified atom stereocenters. The molecule has 2 aliphatic rings. The molecule has 0 spiro atoms. The van der Waals surface area contributed by atoms with E-state index in [0.29, 0.717) is 12.2 Å². The van der Waals surface area contributed by atoms with Crippen molar-refractivity contribution in [3.8, 4) is 5.75 Å². The number of amides is 2. The average Bonchev–Trinajstić information content (AvgIpc) is 3.08. The number of fused-ring (bicyclic) bond motifs is 3. The zero-order valence-corrected chi connectivity index (χ0v) is 17.8. The van der Waals surface area contributed by atoms with Crippen molar-refractivity contribution in [1.29, 1.82) is 0 Å². The molecule has 1 saturated heterocycles. The fourth-order valence-electron chi connectivity index (χ4n) is 5.11. The van der Waals surface area contributed by atoms with Gasteiger partial charge in [0.2, 0.25) is 11.8 Å². The molecule has 0 bridgehead atoms. The Morgan fingerprint density at radius 2 is 1.90 bits per heavy atom. The lowest BCUT2D eigenvalue weighted by Crippen LogP contribution is -2.62. The van der Waals surface area contributed by atoms with E-state index in [4.69, 9.17) is 4.74 Å². The highest BCUT2D eigenvalue weighted by atomic mass is 16.6. The van der Waals surface area contributed by atoms with Crippen molar-refractivity contribution in [3.05, 3.63) is 64.8 Å². The summed E-state index contributed by atoms with van der Waals surface area (Å²) in [5.41, 5.74) is 4.90. The van der Waals surface area contributed by atoms with Crippen LogP contribution in [0.15, 0.2) is 42.6 Å². The molecule has 31 heavy (non-hydrogen) atoms. The molecule has 7 nitrogen and oxygen atoms in total. The van der Waals surface area contributed by atoms with E-state index in [2.05, 4.69) is 10.6 Å².